The van der Waals surface area contributed by atoms with Gasteiger partial charge in [-0.25, -0.2) is 4.79 Å². The fourth-order valence-corrected chi connectivity index (χ4v) is 1.81. The Morgan fingerprint density at radius 3 is 2.57 bits per heavy atom. The molecule has 6 nitrogen and oxygen atoms in total. The second kappa shape index (κ2) is 7.08. The molecule has 1 atom stereocenters. The van der Waals surface area contributed by atoms with Gasteiger partial charge in [0.05, 0.1) is 12.0 Å². The average molecular weight is 294 g/mol. The monoisotopic (exact) mass is 294 g/mol. The van der Waals surface area contributed by atoms with Crippen molar-refractivity contribution in [3.05, 3.63) is 29.8 Å². The Hall–Kier alpha value is -2.08. The van der Waals surface area contributed by atoms with Crippen LogP contribution in [0.2, 0.25) is 0 Å². The molecule has 4 N–H and O–H groups in total. The zero-order chi connectivity index (χ0) is 16.0. The fraction of sp³-hybridized carbons (Fsp3) is 0.467. The van der Waals surface area contributed by atoms with Gasteiger partial charge in [0, 0.05) is 12.2 Å². The van der Waals surface area contributed by atoms with E-state index in [1.807, 2.05) is 18.2 Å². The van der Waals surface area contributed by atoms with Gasteiger partial charge in [0.2, 0.25) is 0 Å². The first kappa shape index (κ1) is 17.0. The van der Waals surface area contributed by atoms with Crippen LogP contribution in [0.1, 0.15) is 38.7 Å². The maximum absolute atomic E-state index is 11.7. The molecular formula is C15H22N2O4. The summed E-state index contributed by atoms with van der Waals surface area (Å²) in [6.45, 7) is 5.33. The van der Waals surface area contributed by atoms with E-state index in [0.29, 0.717) is 11.6 Å². The minimum Gasteiger partial charge on any atom is -0.481 e. The number of carboxylic acids is 1. The molecule has 0 saturated heterocycles. The van der Waals surface area contributed by atoms with Gasteiger partial charge < -0.3 is 20.8 Å². The van der Waals surface area contributed by atoms with E-state index in [-0.39, 0.29) is 6.54 Å². The number of amides is 2. The lowest BCUT2D eigenvalue weighted by Gasteiger charge is -2.21. The van der Waals surface area contributed by atoms with Crippen LogP contribution in [0.4, 0.5) is 10.5 Å². The smallest absolute Gasteiger partial charge is 0.319 e. The van der Waals surface area contributed by atoms with Gasteiger partial charge in [-0.15, -0.1) is 0 Å². The van der Waals surface area contributed by atoms with Crippen molar-refractivity contribution in [2.45, 2.75) is 38.7 Å². The Kier molecular flexibility index (Phi) is 5.72. The van der Waals surface area contributed by atoms with Crippen LogP contribution in [0, 0.1) is 0 Å². The Bertz CT molecular complexity index is 512. The maximum atomic E-state index is 11.7. The molecule has 0 saturated carbocycles. The molecule has 0 radical (unpaired) electrons. The number of hydrogen-bond donors (Lipinski definition) is 4. The van der Waals surface area contributed by atoms with Gasteiger partial charge in [-0.05, 0) is 30.5 Å². The third-order valence-corrected chi connectivity index (χ3v) is 2.97. The van der Waals surface area contributed by atoms with Crippen molar-refractivity contribution in [3.63, 3.8) is 0 Å². The summed E-state index contributed by atoms with van der Waals surface area (Å²) in [4.78, 5) is 22.3. The Labute approximate surface area is 124 Å². The third kappa shape index (κ3) is 6.27. The lowest BCUT2D eigenvalue weighted by molar-refractivity contribution is -0.141. The van der Waals surface area contributed by atoms with Crippen LogP contribution >= 0.6 is 0 Å². The number of urea groups is 1. The van der Waals surface area contributed by atoms with Crippen molar-refractivity contribution >= 4 is 17.7 Å². The summed E-state index contributed by atoms with van der Waals surface area (Å²) in [5, 5.41) is 23.6. The van der Waals surface area contributed by atoms with Crippen LogP contribution in [0.25, 0.3) is 0 Å². The lowest BCUT2D eigenvalue weighted by Crippen LogP contribution is -2.43. The molecule has 0 fully saturated rings. The number of nitrogens with one attached hydrogen (secondary N) is 2. The predicted molar refractivity (Wildman–Crippen MR) is 80.4 cm³/mol. The molecule has 6 heteroatoms. The highest BCUT2D eigenvalue weighted by molar-refractivity contribution is 5.89. The molecule has 1 unspecified atom stereocenters. The molecule has 0 heterocycles. The van der Waals surface area contributed by atoms with Crippen molar-refractivity contribution in [2.75, 3.05) is 11.9 Å². The molecule has 0 aliphatic rings. The highest BCUT2D eigenvalue weighted by Gasteiger charge is 2.24. The molecule has 21 heavy (non-hydrogen) atoms. The zero-order valence-corrected chi connectivity index (χ0v) is 12.5. The fourth-order valence-electron chi connectivity index (χ4n) is 1.81. The molecule has 0 spiro atoms. The number of anilines is 1. The van der Waals surface area contributed by atoms with E-state index in [1.165, 1.54) is 6.92 Å². The SMILES string of the molecule is CC(C)c1cccc(NC(=O)NCC(C)(O)CC(=O)O)c1. The predicted octanol–water partition coefficient (Wildman–Crippen LogP) is 2.16. The van der Waals surface area contributed by atoms with Crippen LogP contribution in [-0.4, -0.2) is 34.4 Å². The number of carbonyl (C=O) groups excluding carboxylic acids is 1. The van der Waals surface area contributed by atoms with E-state index in [2.05, 4.69) is 24.5 Å². The van der Waals surface area contributed by atoms with E-state index >= 15 is 0 Å². The van der Waals surface area contributed by atoms with E-state index < -0.39 is 24.0 Å². The molecule has 0 aliphatic carbocycles. The van der Waals surface area contributed by atoms with Gasteiger partial charge in [0.25, 0.3) is 0 Å². The van der Waals surface area contributed by atoms with Crippen molar-refractivity contribution < 1.29 is 19.8 Å². The third-order valence-electron chi connectivity index (χ3n) is 2.97. The number of carboxylic acid groups (broad SMARTS) is 1. The summed E-state index contributed by atoms with van der Waals surface area (Å²) in [5.41, 5.74) is 0.269. The second-order valence-electron chi connectivity index (χ2n) is 5.66. The zero-order valence-electron chi connectivity index (χ0n) is 12.5. The van der Waals surface area contributed by atoms with Gasteiger partial charge >= 0.3 is 12.0 Å². The first-order valence-corrected chi connectivity index (χ1v) is 6.78. The Morgan fingerprint density at radius 1 is 1.33 bits per heavy atom. The summed E-state index contributed by atoms with van der Waals surface area (Å²) in [7, 11) is 0. The topological polar surface area (TPSA) is 98.7 Å². The molecule has 0 bridgehead atoms. The molecular weight excluding hydrogens is 272 g/mol. The number of aliphatic carboxylic acids is 1. The molecule has 1 aromatic carbocycles. The molecule has 0 aromatic heterocycles. The van der Waals surface area contributed by atoms with Crippen LogP contribution in [0.3, 0.4) is 0 Å². The van der Waals surface area contributed by atoms with Crippen molar-refractivity contribution in [3.8, 4) is 0 Å². The van der Waals surface area contributed by atoms with Crippen LogP contribution in [0.15, 0.2) is 24.3 Å². The number of aliphatic hydroxyl groups is 1. The normalized spacial score (nSPS) is 13.6. The molecule has 1 aromatic rings. The molecule has 1 rings (SSSR count). The molecule has 0 aliphatic heterocycles. The van der Waals surface area contributed by atoms with Gasteiger partial charge in [-0.2, -0.15) is 0 Å². The highest BCUT2D eigenvalue weighted by Crippen LogP contribution is 2.18. The summed E-state index contributed by atoms with van der Waals surface area (Å²) < 4.78 is 0. The molecule has 2 amide bonds. The Balaban J connectivity index is 2.54. The van der Waals surface area contributed by atoms with Crippen LogP contribution in [0.5, 0.6) is 0 Å². The summed E-state index contributed by atoms with van der Waals surface area (Å²) in [5.74, 6) is -0.766. The van der Waals surface area contributed by atoms with Crippen LogP contribution < -0.4 is 10.6 Å². The summed E-state index contributed by atoms with van der Waals surface area (Å²) >= 11 is 0. The molecule has 116 valence electrons. The largest absolute Gasteiger partial charge is 0.481 e. The maximum Gasteiger partial charge on any atom is 0.319 e. The van der Waals surface area contributed by atoms with E-state index in [0.717, 1.165) is 5.56 Å². The minimum absolute atomic E-state index is 0.144. The Morgan fingerprint density at radius 2 is 2.00 bits per heavy atom. The minimum atomic E-state index is -1.48. The highest BCUT2D eigenvalue weighted by atomic mass is 16.4. The number of hydrogen-bond acceptors (Lipinski definition) is 3. The number of carbonyl (C=O) groups is 2. The van der Waals surface area contributed by atoms with Crippen molar-refractivity contribution in [1.82, 2.24) is 5.32 Å². The van der Waals surface area contributed by atoms with Crippen molar-refractivity contribution in [1.29, 1.82) is 0 Å². The quantitative estimate of drug-likeness (QED) is 0.646. The van der Waals surface area contributed by atoms with Gasteiger partial charge in [0.1, 0.15) is 0 Å². The average Bonchev–Trinajstić information content (AvgIpc) is 2.35. The number of rotatable bonds is 6. The van der Waals surface area contributed by atoms with Crippen LogP contribution in [-0.2, 0) is 4.79 Å². The van der Waals surface area contributed by atoms with Crippen molar-refractivity contribution in [2.24, 2.45) is 0 Å². The number of benzene rings is 1. The van der Waals surface area contributed by atoms with E-state index in [1.54, 1.807) is 6.07 Å². The van der Waals surface area contributed by atoms with E-state index in [9.17, 15) is 14.7 Å². The summed E-state index contributed by atoms with van der Waals surface area (Å²) in [6, 6.07) is 6.99. The first-order chi connectivity index (χ1) is 9.69. The first-order valence-electron chi connectivity index (χ1n) is 6.78. The van der Waals surface area contributed by atoms with Gasteiger partial charge in [-0.3, -0.25) is 4.79 Å². The second-order valence-corrected chi connectivity index (χ2v) is 5.66. The standard InChI is InChI=1S/C15H22N2O4/c1-10(2)11-5-4-6-12(7-11)17-14(20)16-9-15(3,21)8-13(18)19/h4-7,10,21H,8-9H2,1-3H3,(H,18,19)(H2,16,17,20). The van der Waals surface area contributed by atoms with Gasteiger partial charge in [0.15, 0.2) is 0 Å². The lowest BCUT2D eigenvalue weighted by atomic mass is 10.0. The summed E-state index contributed by atoms with van der Waals surface area (Å²) in [6.07, 6.45) is -0.434. The van der Waals surface area contributed by atoms with Gasteiger partial charge in [-0.1, -0.05) is 26.0 Å². The van der Waals surface area contributed by atoms with E-state index in [4.69, 9.17) is 5.11 Å².